The van der Waals surface area contributed by atoms with Gasteiger partial charge in [0, 0.05) is 30.1 Å². The van der Waals surface area contributed by atoms with E-state index in [9.17, 15) is 9.59 Å². The van der Waals surface area contributed by atoms with Crippen molar-refractivity contribution in [2.24, 2.45) is 0 Å². The SMILES string of the molecule is COC(=O)c1ccc(C2CCN(C(=O)OC(C)(C)C)C2)c2cc(C)[nH]c12. The summed E-state index contributed by atoms with van der Waals surface area (Å²) in [6.07, 6.45) is 0.600. The van der Waals surface area contributed by atoms with Gasteiger partial charge >= 0.3 is 12.1 Å². The van der Waals surface area contributed by atoms with Gasteiger partial charge < -0.3 is 19.4 Å². The molecule has 0 bridgehead atoms. The van der Waals surface area contributed by atoms with E-state index in [1.54, 1.807) is 11.0 Å². The maximum absolute atomic E-state index is 12.3. The lowest BCUT2D eigenvalue weighted by atomic mass is 9.93. The molecule has 2 aromatic rings. The van der Waals surface area contributed by atoms with Crippen molar-refractivity contribution in [3.63, 3.8) is 0 Å². The number of carbonyl (C=O) groups is 2. The number of rotatable bonds is 2. The van der Waals surface area contributed by atoms with Gasteiger partial charge in [0.2, 0.25) is 0 Å². The van der Waals surface area contributed by atoms with Crippen LogP contribution >= 0.6 is 0 Å². The van der Waals surface area contributed by atoms with Crippen molar-refractivity contribution in [3.8, 4) is 0 Å². The third kappa shape index (κ3) is 3.54. The predicted octanol–water partition coefficient (Wildman–Crippen LogP) is 3.99. The van der Waals surface area contributed by atoms with Crippen LogP contribution in [0.5, 0.6) is 0 Å². The Balaban J connectivity index is 1.88. The van der Waals surface area contributed by atoms with Gasteiger partial charge in [-0.1, -0.05) is 6.07 Å². The summed E-state index contributed by atoms with van der Waals surface area (Å²) in [5.41, 5.74) is 2.95. The lowest BCUT2D eigenvalue weighted by Gasteiger charge is -2.24. The zero-order valence-corrected chi connectivity index (χ0v) is 16.0. The number of methoxy groups -OCH3 is 1. The second-order valence-electron chi connectivity index (χ2n) is 7.85. The van der Waals surface area contributed by atoms with Crippen molar-refractivity contribution in [2.75, 3.05) is 20.2 Å². The number of hydrogen-bond donors (Lipinski definition) is 1. The van der Waals surface area contributed by atoms with E-state index < -0.39 is 5.60 Å². The highest BCUT2D eigenvalue weighted by Gasteiger charge is 2.32. The van der Waals surface area contributed by atoms with Crippen LogP contribution in [0.25, 0.3) is 10.9 Å². The third-order valence-corrected chi connectivity index (χ3v) is 4.65. The van der Waals surface area contributed by atoms with Gasteiger partial charge in [-0.25, -0.2) is 9.59 Å². The Morgan fingerprint density at radius 2 is 2.00 bits per heavy atom. The van der Waals surface area contributed by atoms with E-state index in [0.717, 1.165) is 28.6 Å². The monoisotopic (exact) mass is 358 g/mol. The van der Waals surface area contributed by atoms with Gasteiger partial charge in [-0.15, -0.1) is 0 Å². The largest absolute Gasteiger partial charge is 0.465 e. The number of carbonyl (C=O) groups excluding carboxylic acids is 2. The fourth-order valence-corrected chi connectivity index (χ4v) is 3.52. The molecule has 1 aliphatic rings. The van der Waals surface area contributed by atoms with E-state index in [1.165, 1.54) is 7.11 Å². The first-order chi connectivity index (χ1) is 12.2. The average molecular weight is 358 g/mol. The van der Waals surface area contributed by atoms with Crippen molar-refractivity contribution in [1.29, 1.82) is 0 Å². The molecule has 1 amide bonds. The van der Waals surface area contributed by atoms with Crippen molar-refractivity contribution in [1.82, 2.24) is 9.88 Å². The number of H-pyrrole nitrogens is 1. The molecule has 1 aromatic heterocycles. The summed E-state index contributed by atoms with van der Waals surface area (Å²) in [6.45, 7) is 8.86. The normalized spacial score (nSPS) is 17.6. The molecule has 1 aromatic carbocycles. The number of likely N-dealkylation sites (tertiary alicyclic amines) is 1. The average Bonchev–Trinajstić information content (AvgIpc) is 3.17. The van der Waals surface area contributed by atoms with Crippen molar-refractivity contribution >= 4 is 23.0 Å². The van der Waals surface area contributed by atoms with Crippen LogP contribution < -0.4 is 0 Å². The van der Waals surface area contributed by atoms with Gasteiger partial charge in [0.15, 0.2) is 0 Å². The molecule has 0 aliphatic carbocycles. The quantitative estimate of drug-likeness (QED) is 0.824. The van der Waals surface area contributed by atoms with Crippen LogP contribution in [0.4, 0.5) is 4.79 Å². The molecule has 1 atom stereocenters. The van der Waals surface area contributed by atoms with Crippen LogP contribution in [-0.4, -0.2) is 47.7 Å². The maximum Gasteiger partial charge on any atom is 0.410 e. The number of amides is 1. The highest BCUT2D eigenvalue weighted by atomic mass is 16.6. The first-order valence-corrected chi connectivity index (χ1v) is 8.88. The van der Waals surface area contributed by atoms with Crippen LogP contribution in [0.1, 0.15) is 54.7 Å². The topological polar surface area (TPSA) is 71.6 Å². The first-order valence-electron chi connectivity index (χ1n) is 8.88. The maximum atomic E-state index is 12.3. The minimum Gasteiger partial charge on any atom is -0.465 e. The van der Waals surface area contributed by atoms with E-state index in [-0.39, 0.29) is 18.0 Å². The van der Waals surface area contributed by atoms with Crippen molar-refractivity contribution in [3.05, 3.63) is 35.0 Å². The molecule has 1 N–H and O–H groups in total. The van der Waals surface area contributed by atoms with Gasteiger partial charge in [-0.2, -0.15) is 0 Å². The van der Waals surface area contributed by atoms with Crippen molar-refractivity contribution in [2.45, 2.75) is 45.6 Å². The highest BCUT2D eigenvalue weighted by molar-refractivity contribution is 6.04. The number of esters is 1. The summed E-state index contributed by atoms with van der Waals surface area (Å²) in [7, 11) is 1.38. The first kappa shape index (κ1) is 18.3. The predicted molar refractivity (Wildman–Crippen MR) is 99.5 cm³/mol. The number of ether oxygens (including phenoxy) is 2. The van der Waals surface area contributed by atoms with Gasteiger partial charge in [0.05, 0.1) is 18.2 Å². The minimum atomic E-state index is -0.498. The standard InChI is InChI=1S/C20H26N2O4/c1-12-10-16-14(6-7-15(17(16)21-12)18(23)25-5)13-8-9-22(11-13)19(24)26-20(2,3)4/h6-7,10,13,21H,8-9,11H2,1-5H3. The molecule has 1 aliphatic heterocycles. The molecule has 3 rings (SSSR count). The van der Waals surface area contributed by atoms with E-state index >= 15 is 0 Å². The van der Waals surface area contributed by atoms with E-state index in [2.05, 4.69) is 4.98 Å². The van der Waals surface area contributed by atoms with Crippen LogP contribution in [0, 0.1) is 6.92 Å². The minimum absolute atomic E-state index is 0.215. The number of fused-ring (bicyclic) bond motifs is 1. The number of aromatic nitrogens is 1. The smallest absolute Gasteiger partial charge is 0.410 e. The molecule has 6 nitrogen and oxygen atoms in total. The number of hydrogen-bond acceptors (Lipinski definition) is 4. The van der Waals surface area contributed by atoms with Gasteiger partial charge in [0.1, 0.15) is 5.60 Å². The molecule has 1 fully saturated rings. The fraction of sp³-hybridized carbons (Fsp3) is 0.500. The number of nitrogens with one attached hydrogen (secondary N) is 1. The van der Waals surface area contributed by atoms with E-state index in [0.29, 0.717) is 18.7 Å². The lowest BCUT2D eigenvalue weighted by Crippen LogP contribution is -2.35. The van der Waals surface area contributed by atoms with Crippen LogP contribution in [0.3, 0.4) is 0 Å². The van der Waals surface area contributed by atoms with Crippen LogP contribution in [0.2, 0.25) is 0 Å². The molecule has 0 spiro atoms. The Labute approximate surface area is 153 Å². The highest BCUT2D eigenvalue weighted by Crippen LogP contribution is 2.35. The lowest BCUT2D eigenvalue weighted by molar-refractivity contribution is 0.0292. The second-order valence-corrected chi connectivity index (χ2v) is 7.85. The number of nitrogens with zero attached hydrogens (tertiary/aromatic N) is 1. The van der Waals surface area contributed by atoms with Gasteiger partial charge in [-0.05, 0) is 51.8 Å². The molecule has 1 saturated heterocycles. The summed E-state index contributed by atoms with van der Waals surface area (Å²) in [5.74, 6) is -0.142. The fourth-order valence-electron chi connectivity index (χ4n) is 3.52. The second kappa shape index (κ2) is 6.67. The third-order valence-electron chi connectivity index (χ3n) is 4.65. The zero-order valence-electron chi connectivity index (χ0n) is 16.0. The molecule has 26 heavy (non-hydrogen) atoms. The number of aryl methyl sites for hydroxylation is 1. The summed E-state index contributed by atoms with van der Waals surface area (Å²) in [5, 5.41) is 1.02. The Hall–Kier alpha value is -2.50. The number of benzene rings is 1. The molecule has 6 heteroatoms. The molecule has 0 radical (unpaired) electrons. The van der Waals surface area contributed by atoms with Gasteiger partial charge in [-0.3, -0.25) is 0 Å². The van der Waals surface area contributed by atoms with Crippen LogP contribution in [0.15, 0.2) is 18.2 Å². The summed E-state index contributed by atoms with van der Waals surface area (Å²) < 4.78 is 10.4. The summed E-state index contributed by atoms with van der Waals surface area (Å²) >= 11 is 0. The van der Waals surface area contributed by atoms with Crippen molar-refractivity contribution < 1.29 is 19.1 Å². The molecule has 0 saturated carbocycles. The molecule has 1 unspecified atom stereocenters. The molecular weight excluding hydrogens is 332 g/mol. The Bertz CT molecular complexity index is 847. The van der Waals surface area contributed by atoms with E-state index in [4.69, 9.17) is 9.47 Å². The Kier molecular flexibility index (Phi) is 4.69. The molecular formula is C20H26N2O4. The Morgan fingerprint density at radius 1 is 1.27 bits per heavy atom. The van der Waals surface area contributed by atoms with Crippen LogP contribution in [-0.2, 0) is 9.47 Å². The zero-order chi connectivity index (χ0) is 19.1. The van der Waals surface area contributed by atoms with E-state index in [1.807, 2.05) is 39.8 Å². The summed E-state index contributed by atoms with van der Waals surface area (Å²) in [6, 6.07) is 5.83. The summed E-state index contributed by atoms with van der Waals surface area (Å²) in [4.78, 5) is 29.4. The Morgan fingerprint density at radius 3 is 2.65 bits per heavy atom. The number of aromatic amines is 1. The molecule has 2 heterocycles. The molecule has 140 valence electrons. The van der Waals surface area contributed by atoms with Gasteiger partial charge in [0.25, 0.3) is 0 Å².